The van der Waals surface area contributed by atoms with Crippen LogP contribution in [0.5, 0.6) is 0 Å². The van der Waals surface area contributed by atoms with E-state index in [-0.39, 0.29) is 0 Å². The van der Waals surface area contributed by atoms with E-state index < -0.39 is 0 Å². The number of aryl methyl sites for hydroxylation is 2. The molecule has 0 fully saturated rings. The van der Waals surface area contributed by atoms with Gasteiger partial charge in [0.05, 0.1) is 40.5 Å². The molecule has 0 bridgehead atoms. The third-order valence-corrected chi connectivity index (χ3v) is 3.82. The summed E-state index contributed by atoms with van der Waals surface area (Å²) in [7, 11) is 3.78. The fourth-order valence-corrected chi connectivity index (χ4v) is 2.26. The highest BCUT2D eigenvalue weighted by molar-refractivity contribution is 9.10. The zero-order valence-corrected chi connectivity index (χ0v) is 13.3. The van der Waals surface area contributed by atoms with Crippen LogP contribution in [0.4, 0.5) is 5.69 Å². The summed E-state index contributed by atoms with van der Waals surface area (Å²) in [4.78, 5) is 0. The Morgan fingerprint density at radius 2 is 2.00 bits per heavy atom. The second-order valence-electron chi connectivity index (χ2n) is 4.14. The number of hydrogen-bond donors (Lipinski definition) is 2. The van der Waals surface area contributed by atoms with Gasteiger partial charge in [-0.25, -0.2) is 0 Å². The summed E-state index contributed by atoms with van der Waals surface area (Å²) in [5, 5.41) is 15.1. The molecule has 2 heterocycles. The van der Waals surface area contributed by atoms with Gasteiger partial charge in [-0.15, -0.1) is 0 Å². The second-order valence-corrected chi connectivity index (χ2v) is 5.40. The van der Waals surface area contributed by atoms with Gasteiger partial charge in [-0.2, -0.15) is 10.2 Å². The van der Waals surface area contributed by atoms with E-state index in [0.29, 0.717) is 11.7 Å². The highest BCUT2D eigenvalue weighted by atomic mass is 79.9. The Morgan fingerprint density at radius 1 is 1.32 bits per heavy atom. The van der Waals surface area contributed by atoms with Crippen molar-refractivity contribution in [3.63, 3.8) is 0 Å². The summed E-state index contributed by atoms with van der Waals surface area (Å²) >= 11 is 8.71. The molecule has 0 radical (unpaired) electrons. The van der Waals surface area contributed by atoms with Gasteiger partial charge in [-0.05, 0) is 35.1 Å². The molecule has 19 heavy (non-hydrogen) atoms. The zero-order valence-electron chi connectivity index (χ0n) is 10.9. The van der Waals surface area contributed by atoms with Crippen molar-refractivity contribution >= 4 is 38.9 Å². The number of halogens is 1. The minimum absolute atomic E-state index is 0.559. The van der Waals surface area contributed by atoms with Crippen LogP contribution in [0.25, 0.3) is 0 Å². The number of thiocarbonyl (C=S) groups is 1. The van der Waals surface area contributed by atoms with E-state index in [0.717, 1.165) is 21.5 Å². The average molecular weight is 343 g/mol. The van der Waals surface area contributed by atoms with Crippen molar-refractivity contribution in [1.82, 2.24) is 24.9 Å². The molecule has 0 aliphatic rings. The molecule has 8 heteroatoms. The lowest BCUT2D eigenvalue weighted by molar-refractivity contribution is 0.693. The van der Waals surface area contributed by atoms with Crippen LogP contribution in [-0.2, 0) is 20.6 Å². The van der Waals surface area contributed by atoms with E-state index in [1.54, 1.807) is 21.8 Å². The van der Waals surface area contributed by atoms with Crippen molar-refractivity contribution in [2.45, 2.75) is 13.5 Å². The van der Waals surface area contributed by atoms with Gasteiger partial charge in [0.2, 0.25) is 0 Å². The predicted molar refractivity (Wildman–Crippen MR) is 81.9 cm³/mol. The molecule has 0 amide bonds. The fourth-order valence-electron chi connectivity index (χ4n) is 1.59. The standard InChI is InChI=1S/C11H15BrN6S/c1-7-9(5-15-17(7)2)16-11(19)13-6-10-8(12)4-14-18(10)3/h4-5H,6H2,1-3H3,(H2,13,16,19). The van der Waals surface area contributed by atoms with Crippen molar-refractivity contribution in [1.29, 1.82) is 0 Å². The maximum Gasteiger partial charge on any atom is 0.171 e. The molecule has 6 nitrogen and oxygen atoms in total. The highest BCUT2D eigenvalue weighted by Gasteiger charge is 2.08. The van der Waals surface area contributed by atoms with E-state index in [9.17, 15) is 0 Å². The maximum atomic E-state index is 5.26. The molecule has 0 atom stereocenters. The molecule has 0 spiro atoms. The molecular weight excluding hydrogens is 328 g/mol. The van der Waals surface area contributed by atoms with Crippen LogP contribution < -0.4 is 10.6 Å². The summed E-state index contributed by atoms with van der Waals surface area (Å²) in [6.45, 7) is 2.58. The van der Waals surface area contributed by atoms with E-state index in [2.05, 4.69) is 36.8 Å². The van der Waals surface area contributed by atoms with Gasteiger partial charge < -0.3 is 10.6 Å². The topological polar surface area (TPSA) is 59.7 Å². The van der Waals surface area contributed by atoms with Crippen LogP contribution in [0.2, 0.25) is 0 Å². The third-order valence-electron chi connectivity index (χ3n) is 2.91. The minimum Gasteiger partial charge on any atom is -0.357 e. The van der Waals surface area contributed by atoms with Gasteiger partial charge in [0.25, 0.3) is 0 Å². The molecule has 0 saturated heterocycles. The summed E-state index contributed by atoms with van der Waals surface area (Å²) in [6.07, 6.45) is 3.52. The Bertz CT molecular complexity index is 583. The highest BCUT2D eigenvalue weighted by Crippen LogP contribution is 2.15. The van der Waals surface area contributed by atoms with Crippen molar-refractivity contribution in [3.8, 4) is 0 Å². The van der Waals surface area contributed by atoms with Gasteiger partial charge >= 0.3 is 0 Å². The smallest absolute Gasteiger partial charge is 0.171 e. The molecule has 0 aromatic carbocycles. The largest absolute Gasteiger partial charge is 0.357 e. The zero-order chi connectivity index (χ0) is 14.0. The molecular formula is C11H15BrN6S. The summed E-state index contributed by atoms with van der Waals surface area (Å²) in [6, 6.07) is 0. The molecule has 0 aliphatic heterocycles. The molecule has 0 saturated carbocycles. The average Bonchev–Trinajstić information content (AvgIpc) is 2.85. The SMILES string of the molecule is Cc1c(NC(=S)NCc2c(Br)cnn2C)cnn1C. The van der Waals surface area contributed by atoms with Crippen LogP contribution >= 0.6 is 28.1 Å². The first-order valence-corrected chi connectivity index (χ1v) is 6.89. The molecule has 0 unspecified atom stereocenters. The van der Waals surface area contributed by atoms with Gasteiger partial charge in [0.15, 0.2) is 5.11 Å². The Kier molecular flexibility index (Phi) is 4.20. The van der Waals surface area contributed by atoms with Crippen LogP contribution in [0, 0.1) is 6.92 Å². The number of rotatable bonds is 3. The van der Waals surface area contributed by atoms with E-state index in [1.165, 1.54) is 0 Å². The molecule has 2 N–H and O–H groups in total. The molecule has 2 rings (SSSR count). The summed E-state index contributed by atoms with van der Waals surface area (Å²) in [5.41, 5.74) is 2.97. The Morgan fingerprint density at radius 3 is 2.53 bits per heavy atom. The number of nitrogens with one attached hydrogen (secondary N) is 2. The summed E-state index contributed by atoms with van der Waals surface area (Å²) in [5.74, 6) is 0. The first kappa shape index (κ1) is 14.0. The Hall–Kier alpha value is -1.41. The van der Waals surface area contributed by atoms with Crippen molar-refractivity contribution in [3.05, 3.63) is 28.3 Å². The Balaban J connectivity index is 1.94. The van der Waals surface area contributed by atoms with Gasteiger partial charge in [-0.3, -0.25) is 9.36 Å². The molecule has 0 aliphatic carbocycles. The lowest BCUT2D eigenvalue weighted by Gasteiger charge is -2.10. The minimum atomic E-state index is 0.559. The van der Waals surface area contributed by atoms with Crippen LogP contribution in [-0.4, -0.2) is 24.7 Å². The van der Waals surface area contributed by atoms with Gasteiger partial charge in [-0.1, -0.05) is 0 Å². The quantitative estimate of drug-likeness (QED) is 0.831. The lowest BCUT2D eigenvalue weighted by Crippen LogP contribution is -2.29. The predicted octanol–water partition coefficient (Wildman–Crippen LogP) is 1.71. The molecule has 2 aromatic rings. The maximum absolute atomic E-state index is 5.26. The van der Waals surface area contributed by atoms with Crippen molar-refractivity contribution in [2.75, 3.05) is 5.32 Å². The van der Waals surface area contributed by atoms with Crippen molar-refractivity contribution in [2.24, 2.45) is 14.1 Å². The molecule has 102 valence electrons. The first-order valence-electron chi connectivity index (χ1n) is 5.69. The van der Waals surface area contributed by atoms with Crippen molar-refractivity contribution < 1.29 is 0 Å². The number of aromatic nitrogens is 4. The molecule has 2 aromatic heterocycles. The Labute approximate surface area is 125 Å². The monoisotopic (exact) mass is 342 g/mol. The first-order chi connectivity index (χ1) is 8.99. The third kappa shape index (κ3) is 3.13. The second kappa shape index (κ2) is 5.70. The van der Waals surface area contributed by atoms with Gasteiger partial charge in [0.1, 0.15) is 0 Å². The van der Waals surface area contributed by atoms with E-state index in [4.69, 9.17) is 12.2 Å². The van der Waals surface area contributed by atoms with E-state index in [1.807, 2.05) is 21.0 Å². The lowest BCUT2D eigenvalue weighted by atomic mass is 10.4. The normalized spacial score (nSPS) is 10.5. The van der Waals surface area contributed by atoms with Crippen LogP contribution in [0.15, 0.2) is 16.9 Å². The number of anilines is 1. The number of hydrogen-bond acceptors (Lipinski definition) is 3. The van der Waals surface area contributed by atoms with Crippen LogP contribution in [0.1, 0.15) is 11.4 Å². The van der Waals surface area contributed by atoms with E-state index >= 15 is 0 Å². The summed E-state index contributed by atoms with van der Waals surface area (Å²) < 4.78 is 4.56. The van der Waals surface area contributed by atoms with Gasteiger partial charge in [0, 0.05) is 14.1 Å². The fraction of sp³-hybridized carbons (Fsp3) is 0.364. The van der Waals surface area contributed by atoms with Crippen LogP contribution in [0.3, 0.4) is 0 Å². The number of nitrogens with zero attached hydrogens (tertiary/aromatic N) is 4.